The Morgan fingerprint density at radius 3 is 2.94 bits per heavy atom. The third-order valence-corrected chi connectivity index (χ3v) is 3.79. The molecule has 1 fully saturated rings. The minimum Gasteiger partial charge on any atom is -0.409 e. The monoisotopic (exact) mass is 238 g/mol. The molecule has 0 aliphatic heterocycles. The van der Waals surface area contributed by atoms with Crippen LogP contribution in [0.25, 0.3) is 0 Å². The van der Waals surface area contributed by atoms with Crippen LogP contribution >= 0.6 is 11.8 Å². The fourth-order valence-corrected chi connectivity index (χ4v) is 2.89. The van der Waals surface area contributed by atoms with E-state index < -0.39 is 0 Å². The normalized spacial score (nSPS) is 17.9. The van der Waals surface area contributed by atoms with E-state index in [1.54, 1.807) is 24.0 Å². The number of hydrogen-bond donors (Lipinski definition) is 2. The lowest BCUT2D eigenvalue weighted by Crippen LogP contribution is -2.15. The maximum Gasteiger partial charge on any atom is 0.188 e. The number of hydrogen-bond acceptors (Lipinski definition) is 5. The molecule has 6 heteroatoms. The number of aromatic nitrogens is 2. The summed E-state index contributed by atoms with van der Waals surface area (Å²) in [5, 5.41) is 12.8. The Labute approximate surface area is 98.2 Å². The zero-order valence-corrected chi connectivity index (χ0v) is 9.65. The molecular weight excluding hydrogens is 224 g/mol. The van der Waals surface area contributed by atoms with E-state index in [4.69, 9.17) is 10.9 Å². The smallest absolute Gasteiger partial charge is 0.188 e. The topological polar surface area (TPSA) is 84.4 Å². The van der Waals surface area contributed by atoms with Crippen molar-refractivity contribution in [3.63, 3.8) is 0 Å². The Kier molecular flexibility index (Phi) is 3.61. The van der Waals surface area contributed by atoms with Crippen molar-refractivity contribution in [1.29, 1.82) is 0 Å². The standard InChI is InChI=1S/C10H14N4OS/c11-9(14-15)8-5-6-12-10(13-8)16-7-3-1-2-4-7/h5-7,15H,1-4H2,(H2,11,14). The molecular formula is C10H14N4OS. The van der Waals surface area contributed by atoms with E-state index in [2.05, 4.69) is 15.1 Å². The molecule has 1 aliphatic rings. The second kappa shape index (κ2) is 5.16. The summed E-state index contributed by atoms with van der Waals surface area (Å²) in [5.74, 6) is 0.0238. The fraction of sp³-hybridized carbons (Fsp3) is 0.500. The number of nitrogens with two attached hydrogens (primary N) is 1. The van der Waals surface area contributed by atoms with Gasteiger partial charge in [-0.1, -0.05) is 29.8 Å². The summed E-state index contributed by atoms with van der Waals surface area (Å²) in [6, 6.07) is 1.63. The summed E-state index contributed by atoms with van der Waals surface area (Å²) in [4.78, 5) is 8.42. The highest BCUT2D eigenvalue weighted by molar-refractivity contribution is 7.99. The molecule has 1 heterocycles. The third kappa shape index (κ3) is 2.63. The van der Waals surface area contributed by atoms with Gasteiger partial charge in [-0.25, -0.2) is 9.97 Å². The van der Waals surface area contributed by atoms with Gasteiger partial charge in [0.05, 0.1) is 0 Å². The van der Waals surface area contributed by atoms with Gasteiger partial charge in [0.2, 0.25) is 0 Å². The van der Waals surface area contributed by atoms with Gasteiger partial charge in [0, 0.05) is 11.4 Å². The van der Waals surface area contributed by atoms with Crippen molar-refractivity contribution in [3.8, 4) is 0 Å². The van der Waals surface area contributed by atoms with Gasteiger partial charge >= 0.3 is 0 Å². The summed E-state index contributed by atoms with van der Waals surface area (Å²) < 4.78 is 0. The lowest BCUT2D eigenvalue weighted by Gasteiger charge is -2.07. The van der Waals surface area contributed by atoms with Gasteiger partial charge in [0.25, 0.3) is 0 Å². The van der Waals surface area contributed by atoms with E-state index in [0.29, 0.717) is 16.1 Å². The summed E-state index contributed by atoms with van der Waals surface area (Å²) in [6.45, 7) is 0. The molecule has 0 aromatic carbocycles. The molecule has 1 saturated carbocycles. The summed E-state index contributed by atoms with van der Waals surface area (Å²) in [6.07, 6.45) is 6.66. The van der Waals surface area contributed by atoms with Crippen molar-refractivity contribution in [1.82, 2.24) is 9.97 Å². The molecule has 0 saturated heterocycles. The second-order valence-corrected chi connectivity index (χ2v) is 5.00. The molecule has 5 nitrogen and oxygen atoms in total. The fourth-order valence-electron chi connectivity index (χ4n) is 1.75. The van der Waals surface area contributed by atoms with E-state index in [9.17, 15) is 0 Å². The van der Waals surface area contributed by atoms with Gasteiger partial charge in [-0.3, -0.25) is 0 Å². The van der Waals surface area contributed by atoms with Gasteiger partial charge < -0.3 is 10.9 Å². The maximum absolute atomic E-state index is 8.56. The predicted molar refractivity (Wildman–Crippen MR) is 62.7 cm³/mol. The van der Waals surface area contributed by atoms with Crippen LogP contribution in [0.4, 0.5) is 0 Å². The molecule has 0 amide bonds. The highest BCUT2D eigenvalue weighted by Gasteiger charge is 2.17. The van der Waals surface area contributed by atoms with E-state index in [1.807, 2.05) is 0 Å². The lowest BCUT2D eigenvalue weighted by atomic mass is 10.4. The molecule has 1 aliphatic carbocycles. The molecule has 86 valence electrons. The minimum absolute atomic E-state index is 0.0238. The molecule has 1 aromatic rings. The first-order chi connectivity index (χ1) is 7.79. The zero-order chi connectivity index (χ0) is 11.4. The first kappa shape index (κ1) is 11.2. The van der Waals surface area contributed by atoms with E-state index in [0.717, 1.165) is 0 Å². The average Bonchev–Trinajstić information content (AvgIpc) is 2.81. The van der Waals surface area contributed by atoms with Crippen LogP contribution in [-0.2, 0) is 0 Å². The van der Waals surface area contributed by atoms with Crippen LogP contribution in [-0.4, -0.2) is 26.3 Å². The third-order valence-electron chi connectivity index (χ3n) is 2.58. The van der Waals surface area contributed by atoms with Gasteiger partial charge in [-0.2, -0.15) is 0 Å². The molecule has 0 atom stereocenters. The van der Waals surface area contributed by atoms with Gasteiger partial charge in [-0.15, -0.1) is 0 Å². The van der Waals surface area contributed by atoms with E-state index in [1.165, 1.54) is 25.7 Å². The molecule has 3 N–H and O–H groups in total. The number of nitrogens with zero attached hydrogens (tertiary/aromatic N) is 3. The highest BCUT2D eigenvalue weighted by atomic mass is 32.2. The van der Waals surface area contributed by atoms with Crippen molar-refractivity contribution in [3.05, 3.63) is 18.0 Å². The summed E-state index contributed by atoms with van der Waals surface area (Å²) in [7, 11) is 0. The lowest BCUT2D eigenvalue weighted by molar-refractivity contribution is 0.318. The largest absolute Gasteiger partial charge is 0.409 e. The quantitative estimate of drug-likeness (QED) is 0.275. The van der Waals surface area contributed by atoms with Crippen LogP contribution in [0.3, 0.4) is 0 Å². The maximum atomic E-state index is 8.56. The van der Waals surface area contributed by atoms with Crippen LogP contribution < -0.4 is 5.73 Å². The Morgan fingerprint density at radius 1 is 1.50 bits per heavy atom. The number of amidine groups is 1. The van der Waals surface area contributed by atoms with E-state index in [-0.39, 0.29) is 5.84 Å². The molecule has 0 unspecified atom stereocenters. The first-order valence-corrected chi connectivity index (χ1v) is 6.15. The van der Waals surface area contributed by atoms with Gasteiger partial charge in [0.15, 0.2) is 11.0 Å². The number of rotatable bonds is 3. The highest BCUT2D eigenvalue weighted by Crippen LogP contribution is 2.32. The van der Waals surface area contributed by atoms with Crippen LogP contribution in [0.1, 0.15) is 31.4 Å². The van der Waals surface area contributed by atoms with Crippen LogP contribution in [0.15, 0.2) is 22.6 Å². The molecule has 0 bridgehead atoms. The Morgan fingerprint density at radius 2 is 2.25 bits per heavy atom. The average molecular weight is 238 g/mol. The van der Waals surface area contributed by atoms with E-state index >= 15 is 0 Å². The predicted octanol–water partition coefficient (Wildman–Crippen LogP) is 1.61. The zero-order valence-electron chi connectivity index (χ0n) is 8.83. The molecule has 1 aromatic heterocycles. The van der Waals surface area contributed by atoms with Gasteiger partial charge in [-0.05, 0) is 18.9 Å². The Hall–Kier alpha value is -1.30. The summed E-state index contributed by atoms with van der Waals surface area (Å²) in [5.41, 5.74) is 5.94. The Balaban J connectivity index is 2.09. The molecule has 2 rings (SSSR count). The first-order valence-electron chi connectivity index (χ1n) is 5.27. The van der Waals surface area contributed by atoms with Crippen LogP contribution in [0.2, 0.25) is 0 Å². The van der Waals surface area contributed by atoms with Crippen molar-refractivity contribution in [2.45, 2.75) is 36.1 Å². The molecule has 0 radical (unpaired) electrons. The van der Waals surface area contributed by atoms with Crippen LogP contribution in [0, 0.1) is 0 Å². The molecule has 16 heavy (non-hydrogen) atoms. The van der Waals surface area contributed by atoms with Crippen molar-refractivity contribution >= 4 is 17.6 Å². The van der Waals surface area contributed by atoms with Crippen molar-refractivity contribution in [2.24, 2.45) is 10.9 Å². The number of thioether (sulfide) groups is 1. The van der Waals surface area contributed by atoms with Crippen molar-refractivity contribution in [2.75, 3.05) is 0 Å². The second-order valence-electron chi connectivity index (χ2n) is 3.73. The van der Waals surface area contributed by atoms with Crippen molar-refractivity contribution < 1.29 is 5.21 Å². The Bertz CT molecular complexity index is 390. The van der Waals surface area contributed by atoms with Gasteiger partial charge in [0.1, 0.15) is 5.69 Å². The minimum atomic E-state index is 0.0238. The summed E-state index contributed by atoms with van der Waals surface area (Å²) >= 11 is 1.68. The SMILES string of the molecule is N/C(=N/O)c1ccnc(SC2CCCC2)n1. The molecule has 0 spiro atoms. The van der Waals surface area contributed by atoms with Crippen LogP contribution in [0.5, 0.6) is 0 Å². The number of oxime groups is 1.